The Morgan fingerprint density at radius 3 is 2.30 bits per heavy atom. The van der Waals surface area contributed by atoms with Crippen LogP contribution in [0.3, 0.4) is 0 Å². The number of aliphatic hydroxyl groups is 4. The molecule has 1 unspecified atom stereocenters. The van der Waals surface area contributed by atoms with Crippen molar-refractivity contribution in [2.45, 2.75) is 36.1 Å². The number of ether oxygens (including phenoxy) is 2. The second-order valence-corrected chi connectivity index (χ2v) is 8.76. The highest BCUT2D eigenvalue weighted by molar-refractivity contribution is 6.16. The number of aromatic hydroxyl groups is 3. The zero-order chi connectivity index (χ0) is 26.9. The Morgan fingerprint density at radius 1 is 0.973 bits per heavy atom. The van der Waals surface area contributed by atoms with Crippen molar-refractivity contribution >= 4 is 22.5 Å². The summed E-state index contributed by atoms with van der Waals surface area (Å²) in [6.07, 6.45) is -7.11. The van der Waals surface area contributed by atoms with E-state index >= 15 is 0 Å². The van der Waals surface area contributed by atoms with E-state index in [0.717, 1.165) is 12.1 Å². The molecule has 1 aliphatic carbocycles. The summed E-state index contributed by atoms with van der Waals surface area (Å²) in [4.78, 5) is 39.4. The topological polar surface area (TPSA) is 224 Å². The van der Waals surface area contributed by atoms with Crippen molar-refractivity contribution in [3.63, 3.8) is 0 Å². The number of rotatable bonds is 4. The number of aliphatic hydroxyl groups excluding tert-OH is 3. The molecule has 37 heavy (non-hydrogen) atoms. The molecule has 1 saturated carbocycles. The normalized spacial score (nSPS) is 29.5. The van der Waals surface area contributed by atoms with E-state index in [1.807, 2.05) is 0 Å². The maximum absolute atomic E-state index is 13.6. The average Bonchev–Trinajstić information content (AvgIpc) is 3.04. The Bertz CT molecular complexity index is 1490. The summed E-state index contributed by atoms with van der Waals surface area (Å²) in [5, 5.41) is 71.1. The van der Waals surface area contributed by atoms with Crippen LogP contribution < -0.4 is 10.2 Å². The molecule has 0 amide bonds. The molecule has 2 heterocycles. The fourth-order valence-electron chi connectivity index (χ4n) is 4.65. The van der Waals surface area contributed by atoms with Gasteiger partial charge in [-0.25, -0.2) is 0 Å². The Labute approximate surface area is 206 Å². The molecular weight excluding hydrogens is 496 g/mol. The van der Waals surface area contributed by atoms with E-state index in [4.69, 9.17) is 13.9 Å². The van der Waals surface area contributed by atoms with Crippen LogP contribution >= 0.6 is 0 Å². The number of phenols is 3. The minimum atomic E-state index is -3.19. The number of hydrogen-bond donors (Lipinski definition) is 7. The third-order valence-corrected chi connectivity index (χ3v) is 6.54. The van der Waals surface area contributed by atoms with Gasteiger partial charge in [-0.15, -0.1) is 0 Å². The number of ketones is 2. The molecular formula is C24H20O13. The van der Waals surface area contributed by atoms with Crippen molar-refractivity contribution in [2.24, 2.45) is 0 Å². The van der Waals surface area contributed by atoms with Gasteiger partial charge in [-0.1, -0.05) is 0 Å². The van der Waals surface area contributed by atoms with Gasteiger partial charge in [-0.3, -0.25) is 14.4 Å². The molecule has 5 atom stereocenters. The molecule has 2 fully saturated rings. The summed E-state index contributed by atoms with van der Waals surface area (Å²) in [7, 11) is 0. The first-order chi connectivity index (χ1) is 17.4. The second kappa shape index (κ2) is 8.26. The van der Waals surface area contributed by atoms with Gasteiger partial charge in [0.1, 0.15) is 46.5 Å². The minimum Gasteiger partial charge on any atom is -0.508 e. The number of carbonyl (C=O) groups is 2. The first kappa shape index (κ1) is 24.7. The molecule has 0 bridgehead atoms. The van der Waals surface area contributed by atoms with E-state index < -0.39 is 88.1 Å². The van der Waals surface area contributed by atoms with Crippen LogP contribution in [0.15, 0.2) is 45.6 Å². The molecule has 1 aliphatic heterocycles. The lowest BCUT2D eigenvalue weighted by atomic mass is 9.80. The summed E-state index contributed by atoms with van der Waals surface area (Å²) in [6.45, 7) is -0.974. The lowest BCUT2D eigenvalue weighted by molar-refractivity contribution is -0.340. The zero-order valence-corrected chi connectivity index (χ0v) is 18.7. The first-order valence-corrected chi connectivity index (χ1v) is 10.9. The van der Waals surface area contributed by atoms with E-state index in [0.29, 0.717) is 0 Å². The largest absolute Gasteiger partial charge is 0.508 e. The molecule has 5 rings (SSSR count). The fraction of sp³-hybridized carbons (Fsp3) is 0.292. The van der Waals surface area contributed by atoms with Gasteiger partial charge < -0.3 is 49.6 Å². The second-order valence-electron chi connectivity index (χ2n) is 8.76. The summed E-state index contributed by atoms with van der Waals surface area (Å²) in [5.41, 5.74) is -4.57. The molecule has 13 nitrogen and oxygen atoms in total. The molecule has 2 aromatic carbocycles. The van der Waals surface area contributed by atoms with Crippen LogP contribution in [-0.4, -0.2) is 83.6 Å². The van der Waals surface area contributed by atoms with Crippen molar-refractivity contribution < 1.29 is 59.2 Å². The van der Waals surface area contributed by atoms with Gasteiger partial charge in [0.05, 0.1) is 13.0 Å². The van der Waals surface area contributed by atoms with E-state index in [2.05, 4.69) is 0 Å². The smallest absolute Gasteiger partial charge is 0.311 e. The molecule has 1 saturated heterocycles. The third-order valence-electron chi connectivity index (χ3n) is 6.54. The van der Waals surface area contributed by atoms with Crippen LogP contribution in [0.4, 0.5) is 0 Å². The van der Waals surface area contributed by atoms with Crippen molar-refractivity contribution in [3.8, 4) is 34.3 Å². The predicted molar refractivity (Wildman–Crippen MR) is 120 cm³/mol. The number of benzene rings is 2. The zero-order valence-electron chi connectivity index (χ0n) is 18.7. The van der Waals surface area contributed by atoms with Crippen molar-refractivity contribution in [1.29, 1.82) is 0 Å². The van der Waals surface area contributed by atoms with Crippen LogP contribution in [0.25, 0.3) is 22.3 Å². The molecule has 194 valence electrons. The first-order valence-electron chi connectivity index (χ1n) is 10.9. The van der Waals surface area contributed by atoms with Gasteiger partial charge in [0, 0.05) is 17.7 Å². The van der Waals surface area contributed by atoms with Crippen LogP contribution in [0, 0.1) is 0 Å². The maximum atomic E-state index is 13.6. The van der Waals surface area contributed by atoms with Crippen molar-refractivity contribution in [3.05, 3.63) is 46.6 Å². The van der Waals surface area contributed by atoms with Crippen molar-refractivity contribution in [2.75, 3.05) is 6.61 Å². The maximum Gasteiger partial charge on any atom is 0.311 e. The van der Waals surface area contributed by atoms with Crippen LogP contribution in [0.2, 0.25) is 0 Å². The van der Waals surface area contributed by atoms with Crippen LogP contribution in [0.1, 0.15) is 6.42 Å². The van der Waals surface area contributed by atoms with E-state index in [-0.39, 0.29) is 16.9 Å². The molecule has 0 radical (unpaired) electrons. The number of fused-ring (bicyclic) bond motifs is 2. The van der Waals surface area contributed by atoms with Crippen LogP contribution in [-0.2, 0) is 14.3 Å². The Hall–Kier alpha value is -4.01. The average molecular weight is 516 g/mol. The number of phenolic OH excluding ortho intramolecular Hbond substituents is 3. The Morgan fingerprint density at radius 2 is 1.65 bits per heavy atom. The number of Topliss-reactive ketones (excluding diaryl/α,β-unsaturated/α-hetero) is 2. The van der Waals surface area contributed by atoms with E-state index in [1.54, 1.807) is 0 Å². The minimum absolute atomic E-state index is 0.0708. The standard InChI is InChI=1S/C24H20O13/c25-8-14-18(31)22(33)23(34)15(29)7-16(30)24(23,36-14)37-21-19(32)17-12(28)5-11(27)6-13(17)35-20(21)9-1-3-10(26)4-2-9/h1-6,14,18,22,25-28,31,33-34H,7-8H2/t14-,18-,22+,23-,24?/m1/s1. The summed E-state index contributed by atoms with van der Waals surface area (Å²) in [5.74, 6) is -8.25. The highest BCUT2D eigenvalue weighted by Crippen LogP contribution is 2.48. The third kappa shape index (κ3) is 3.33. The van der Waals surface area contributed by atoms with Gasteiger partial charge in [-0.05, 0) is 24.3 Å². The summed E-state index contributed by atoms with van der Waals surface area (Å²) < 4.78 is 16.8. The van der Waals surface area contributed by atoms with Gasteiger partial charge in [0.25, 0.3) is 0 Å². The molecule has 0 spiro atoms. The lowest BCUT2D eigenvalue weighted by Gasteiger charge is -2.49. The van der Waals surface area contributed by atoms with Gasteiger partial charge >= 0.3 is 5.79 Å². The SMILES string of the molecule is O=C1CC(=O)[C@@]2(O)[C@@H](O)[C@H](O)[C@@H](CO)OC12Oc1c(-c2ccc(O)cc2)oc2cc(O)cc(O)c2c1=O. The number of hydrogen-bond acceptors (Lipinski definition) is 13. The predicted octanol–water partition coefficient (Wildman–Crippen LogP) is -0.962. The highest BCUT2D eigenvalue weighted by atomic mass is 16.7. The van der Waals surface area contributed by atoms with E-state index in [1.165, 1.54) is 24.3 Å². The Balaban J connectivity index is 1.81. The van der Waals surface area contributed by atoms with Crippen molar-refractivity contribution in [1.82, 2.24) is 0 Å². The lowest BCUT2D eigenvalue weighted by Crippen LogP contribution is -2.76. The number of carbonyl (C=O) groups excluding carboxylic acids is 2. The fourth-order valence-corrected chi connectivity index (χ4v) is 4.65. The highest BCUT2D eigenvalue weighted by Gasteiger charge is 2.77. The van der Waals surface area contributed by atoms with Gasteiger partial charge in [0.2, 0.25) is 22.6 Å². The van der Waals surface area contributed by atoms with Gasteiger partial charge in [-0.2, -0.15) is 0 Å². The Kier molecular flexibility index (Phi) is 5.51. The van der Waals surface area contributed by atoms with Gasteiger partial charge in [0.15, 0.2) is 11.5 Å². The molecule has 7 N–H and O–H groups in total. The summed E-state index contributed by atoms with van der Waals surface area (Å²) >= 11 is 0. The quantitative estimate of drug-likeness (QED) is 0.208. The molecule has 2 aliphatic rings. The molecule has 13 heteroatoms. The molecule has 3 aromatic rings. The monoisotopic (exact) mass is 516 g/mol. The van der Waals surface area contributed by atoms with Crippen LogP contribution in [0.5, 0.6) is 23.0 Å². The van der Waals surface area contributed by atoms with E-state index in [9.17, 15) is 50.1 Å². The molecule has 1 aromatic heterocycles. The summed E-state index contributed by atoms with van der Waals surface area (Å²) in [6, 6.07) is 6.88.